The molecule has 1 heterocycles. The molecule has 0 aromatic carbocycles. The number of hydrogen-bond donors (Lipinski definition) is 1. The number of carbonyl (C=O) groups is 1. The Morgan fingerprint density at radius 2 is 2.05 bits per heavy atom. The van der Waals surface area contributed by atoms with Gasteiger partial charge in [-0.25, -0.2) is 0 Å². The third-order valence-corrected chi connectivity index (χ3v) is 4.04. The van der Waals surface area contributed by atoms with Gasteiger partial charge in [0.1, 0.15) is 0 Å². The first-order valence-electron chi connectivity index (χ1n) is 7.20. The van der Waals surface area contributed by atoms with Crippen LogP contribution in [0.4, 0.5) is 0 Å². The summed E-state index contributed by atoms with van der Waals surface area (Å²) >= 11 is 0. The first kappa shape index (κ1) is 15.0. The van der Waals surface area contributed by atoms with Gasteiger partial charge in [-0.1, -0.05) is 30.8 Å². The predicted molar refractivity (Wildman–Crippen MR) is 71.4 cm³/mol. The van der Waals surface area contributed by atoms with Crippen molar-refractivity contribution < 1.29 is 19.2 Å². The molecule has 2 rings (SSSR count). The molecule has 0 aliphatic heterocycles. The molecular formula is C14H22N2O4. The number of rotatable bonds is 6. The van der Waals surface area contributed by atoms with Crippen molar-refractivity contribution in [3.63, 3.8) is 0 Å². The molecule has 0 spiro atoms. The van der Waals surface area contributed by atoms with E-state index in [-0.39, 0.29) is 0 Å². The molecule has 1 aliphatic rings. The van der Waals surface area contributed by atoms with Gasteiger partial charge in [0.2, 0.25) is 5.89 Å². The second-order valence-electron chi connectivity index (χ2n) is 5.52. The Hall–Kier alpha value is -1.43. The molecule has 1 fully saturated rings. The molecule has 1 saturated carbocycles. The van der Waals surface area contributed by atoms with Crippen molar-refractivity contribution in [3.05, 3.63) is 11.7 Å². The Bertz CT molecular complexity index is 436. The molecular weight excluding hydrogens is 260 g/mol. The largest absolute Gasteiger partial charge is 0.481 e. The first-order chi connectivity index (χ1) is 9.66. The summed E-state index contributed by atoms with van der Waals surface area (Å²) in [4.78, 5) is 16.0. The quantitative estimate of drug-likeness (QED) is 0.805. The van der Waals surface area contributed by atoms with Crippen LogP contribution in [-0.4, -0.2) is 34.9 Å². The van der Waals surface area contributed by atoms with E-state index < -0.39 is 11.4 Å². The van der Waals surface area contributed by atoms with E-state index in [0.29, 0.717) is 44.0 Å². The molecule has 0 bridgehead atoms. The highest BCUT2D eigenvalue weighted by atomic mass is 16.5. The van der Waals surface area contributed by atoms with Crippen LogP contribution in [0, 0.1) is 5.41 Å². The van der Waals surface area contributed by atoms with E-state index in [2.05, 4.69) is 10.1 Å². The lowest BCUT2D eigenvalue weighted by Gasteiger charge is -2.26. The van der Waals surface area contributed by atoms with Gasteiger partial charge < -0.3 is 14.4 Å². The fourth-order valence-corrected chi connectivity index (χ4v) is 2.82. The number of nitrogens with zero attached hydrogens (tertiary/aromatic N) is 2. The number of hydrogen-bond acceptors (Lipinski definition) is 5. The van der Waals surface area contributed by atoms with Gasteiger partial charge in [-0.15, -0.1) is 0 Å². The molecule has 112 valence electrons. The zero-order valence-corrected chi connectivity index (χ0v) is 11.9. The number of methoxy groups -OCH3 is 1. The van der Waals surface area contributed by atoms with Gasteiger partial charge in [0.15, 0.2) is 5.82 Å². The zero-order chi connectivity index (χ0) is 14.4. The van der Waals surface area contributed by atoms with Gasteiger partial charge in [0.25, 0.3) is 0 Å². The molecule has 1 aliphatic carbocycles. The molecule has 20 heavy (non-hydrogen) atoms. The lowest BCUT2D eigenvalue weighted by Crippen LogP contribution is -2.33. The van der Waals surface area contributed by atoms with Crippen molar-refractivity contribution >= 4 is 5.97 Å². The Labute approximate surface area is 118 Å². The molecule has 1 aromatic rings. The first-order valence-corrected chi connectivity index (χ1v) is 7.20. The summed E-state index contributed by atoms with van der Waals surface area (Å²) in [5, 5.41) is 13.5. The Kier molecular flexibility index (Phi) is 5.11. The maximum absolute atomic E-state index is 11.7. The monoisotopic (exact) mass is 282 g/mol. The summed E-state index contributed by atoms with van der Waals surface area (Å²) in [6.07, 6.45) is 6.43. The molecule has 1 N–H and O–H groups in total. The number of carboxylic acid groups (broad SMARTS) is 1. The molecule has 0 saturated heterocycles. The van der Waals surface area contributed by atoms with Crippen LogP contribution in [0.3, 0.4) is 0 Å². The minimum Gasteiger partial charge on any atom is -0.481 e. The minimum absolute atomic E-state index is 0.336. The number of aliphatic carboxylic acids is 1. The smallest absolute Gasteiger partial charge is 0.310 e. The van der Waals surface area contributed by atoms with E-state index >= 15 is 0 Å². The van der Waals surface area contributed by atoms with Crippen molar-refractivity contribution in [3.8, 4) is 0 Å². The average Bonchev–Trinajstić information content (AvgIpc) is 2.72. The number of carboxylic acids is 1. The van der Waals surface area contributed by atoms with Gasteiger partial charge in [-0.05, 0) is 12.8 Å². The summed E-state index contributed by atoms with van der Waals surface area (Å²) < 4.78 is 10.2. The molecule has 0 radical (unpaired) electrons. The summed E-state index contributed by atoms with van der Waals surface area (Å²) in [6, 6.07) is 0. The maximum Gasteiger partial charge on any atom is 0.310 e. The second-order valence-corrected chi connectivity index (χ2v) is 5.52. The molecule has 0 atom stereocenters. The van der Waals surface area contributed by atoms with Crippen molar-refractivity contribution in [2.75, 3.05) is 13.7 Å². The van der Waals surface area contributed by atoms with Gasteiger partial charge in [0, 0.05) is 20.0 Å². The van der Waals surface area contributed by atoms with Crippen molar-refractivity contribution in [2.45, 2.75) is 51.4 Å². The van der Waals surface area contributed by atoms with E-state index in [9.17, 15) is 9.90 Å². The molecule has 6 nitrogen and oxygen atoms in total. The lowest BCUT2D eigenvalue weighted by molar-refractivity contribution is -0.150. The predicted octanol–water partition coefficient (Wildman–Crippen LogP) is 2.23. The van der Waals surface area contributed by atoms with E-state index in [4.69, 9.17) is 9.26 Å². The average molecular weight is 282 g/mol. The summed E-state index contributed by atoms with van der Waals surface area (Å²) in [7, 11) is 1.62. The van der Waals surface area contributed by atoms with E-state index in [1.54, 1.807) is 7.11 Å². The zero-order valence-electron chi connectivity index (χ0n) is 11.9. The lowest BCUT2D eigenvalue weighted by atomic mass is 9.77. The summed E-state index contributed by atoms with van der Waals surface area (Å²) in [5.41, 5.74) is -0.735. The highest BCUT2D eigenvalue weighted by Crippen LogP contribution is 2.38. The van der Waals surface area contributed by atoms with Gasteiger partial charge in [-0.2, -0.15) is 4.98 Å². The van der Waals surface area contributed by atoms with Crippen LogP contribution in [0.15, 0.2) is 4.52 Å². The number of ether oxygens (including phenoxy) is 1. The maximum atomic E-state index is 11.7. The third-order valence-electron chi connectivity index (χ3n) is 4.04. The van der Waals surface area contributed by atoms with Gasteiger partial charge >= 0.3 is 5.97 Å². The van der Waals surface area contributed by atoms with Crippen molar-refractivity contribution in [1.29, 1.82) is 0 Å². The Morgan fingerprint density at radius 1 is 1.35 bits per heavy atom. The fourth-order valence-electron chi connectivity index (χ4n) is 2.82. The van der Waals surface area contributed by atoms with Crippen LogP contribution in [0.5, 0.6) is 0 Å². The molecule has 1 aromatic heterocycles. The molecule has 0 amide bonds. The number of aromatic nitrogens is 2. The summed E-state index contributed by atoms with van der Waals surface area (Å²) in [6.45, 7) is 0.531. The van der Waals surface area contributed by atoms with Crippen LogP contribution in [-0.2, 0) is 22.4 Å². The summed E-state index contributed by atoms with van der Waals surface area (Å²) in [5.74, 6) is 0.271. The van der Waals surface area contributed by atoms with Crippen LogP contribution >= 0.6 is 0 Å². The van der Waals surface area contributed by atoms with Crippen molar-refractivity contribution in [2.24, 2.45) is 5.41 Å². The Morgan fingerprint density at radius 3 is 2.65 bits per heavy atom. The third kappa shape index (κ3) is 3.56. The molecule has 0 unspecified atom stereocenters. The highest BCUT2D eigenvalue weighted by molar-refractivity contribution is 5.74. The SMILES string of the molecule is COCCc1noc(CC2(C(=O)O)CCCCCC2)n1. The highest BCUT2D eigenvalue weighted by Gasteiger charge is 2.40. The van der Waals surface area contributed by atoms with Gasteiger partial charge in [0.05, 0.1) is 12.0 Å². The van der Waals surface area contributed by atoms with Gasteiger partial charge in [-0.3, -0.25) is 4.79 Å². The second kappa shape index (κ2) is 6.83. The van der Waals surface area contributed by atoms with Crippen LogP contribution < -0.4 is 0 Å². The molecule has 6 heteroatoms. The van der Waals surface area contributed by atoms with E-state index in [0.717, 1.165) is 25.7 Å². The van der Waals surface area contributed by atoms with Crippen LogP contribution in [0.25, 0.3) is 0 Å². The fraction of sp³-hybridized carbons (Fsp3) is 0.786. The minimum atomic E-state index is -0.740. The van der Waals surface area contributed by atoms with Crippen molar-refractivity contribution in [1.82, 2.24) is 10.1 Å². The van der Waals surface area contributed by atoms with Crippen LogP contribution in [0.2, 0.25) is 0 Å². The normalized spacial score (nSPS) is 18.6. The topological polar surface area (TPSA) is 85.5 Å². The van der Waals surface area contributed by atoms with Crippen LogP contribution in [0.1, 0.15) is 50.2 Å². The standard InChI is InChI=1S/C14H22N2O4/c1-19-9-6-11-15-12(20-16-11)10-14(13(17)18)7-4-2-3-5-8-14/h2-10H2,1H3,(H,17,18). The van der Waals surface area contributed by atoms with E-state index in [1.165, 1.54) is 0 Å². The van der Waals surface area contributed by atoms with E-state index in [1.807, 2.05) is 0 Å². The Balaban J connectivity index is 2.07.